The second-order valence-corrected chi connectivity index (χ2v) is 6.59. The number of hydrogen-bond donors (Lipinski definition) is 2. The molecule has 1 heterocycles. The van der Waals surface area contributed by atoms with Gasteiger partial charge in [-0.15, -0.1) is 0 Å². The van der Waals surface area contributed by atoms with Crippen molar-refractivity contribution in [3.05, 3.63) is 64.1 Å². The molecule has 3 rings (SSSR count). The quantitative estimate of drug-likeness (QED) is 0.637. The van der Waals surface area contributed by atoms with Crippen LogP contribution in [0, 0.1) is 0 Å². The van der Waals surface area contributed by atoms with Crippen molar-refractivity contribution in [3.63, 3.8) is 0 Å². The number of esters is 1. The van der Waals surface area contributed by atoms with E-state index in [1.54, 1.807) is 18.2 Å². The van der Waals surface area contributed by atoms with Crippen LogP contribution in [0.3, 0.4) is 0 Å². The predicted octanol–water partition coefficient (Wildman–Crippen LogP) is 3.47. The summed E-state index contributed by atoms with van der Waals surface area (Å²) in [6, 6.07) is 15.1. The molecular formula is C18H19BrN2O2. The molecule has 0 aromatic heterocycles. The van der Waals surface area contributed by atoms with Gasteiger partial charge in [-0.1, -0.05) is 30.3 Å². The zero-order valence-electron chi connectivity index (χ0n) is 12.7. The summed E-state index contributed by atoms with van der Waals surface area (Å²) in [5, 5.41) is 3.32. The van der Waals surface area contributed by atoms with Gasteiger partial charge in [0.15, 0.2) is 0 Å². The molecule has 0 spiro atoms. The molecule has 0 atom stereocenters. The smallest absolute Gasteiger partial charge is 0.339 e. The normalized spacial score (nSPS) is 16.7. The van der Waals surface area contributed by atoms with Gasteiger partial charge in [-0.3, -0.25) is 0 Å². The Bertz CT molecular complexity index is 697. The highest BCUT2D eigenvalue weighted by Crippen LogP contribution is 2.36. The van der Waals surface area contributed by atoms with Gasteiger partial charge in [-0.05, 0) is 52.8 Å². The minimum Gasteiger partial charge on any atom is -0.450 e. The van der Waals surface area contributed by atoms with Crippen molar-refractivity contribution >= 4 is 27.6 Å². The van der Waals surface area contributed by atoms with Crippen LogP contribution in [0.4, 0.5) is 5.69 Å². The van der Waals surface area contributed by atoms with Gasteiger partial charge in [-0.2, -0.15) is 0 Å². The molecule has 1 aliphatic rings. The molecular weight excluding hydrogens is 356 g/mol. The molecule has 1 saturated heterocycles. The molecule has 0 bridgehead atoms. The van der Waals surface area contributed by atoms with E-state index in [4.69, 9.17) is 10.5 Å². The highest BCUT2D eigenvalue weighted by atomic mass is 79.9. The van der Waals surface area contributed by atoms with Crippen LogP contribution in [-0.4, -0.2) is 19.1 Å². The van der Waals surface area contributed by atoms with E-state index in [2.05, 4.69) is 21.2 Å². The molecule has 5 heteroatoms. The lowest BCUT2D eigenvalue weighted by molar-refractivity contribution is -0.0378. The summed E-state index contributed by atoms with van der Waals surface area (Å²) >= 11 is 3.34. The number of nitrogens with one attached hydrogen (secondary N) is 1. The Morgan fingerprint density at radius 2 is 1.83 bits per heavy atom. The van der Waals surface area contributed by atoms with E-state index in [1.807, 2.05) is 30.3 Å². The van der Waals surface area contributed by atoms with Crippen molar-refractivity contribution < 1.29 is 9.53 Å². The monoisotopic (exact) mass is 374 g/mol. The van der Waals surface area contributed by atoms with Gasteiger partial charge < -0.3 is 15.8 Å². The fraction of sp³-hybridized carbons (Fsp3) is 0.278. The van der Waals surface area contributed by atoms with Gasteiger partial charge in [0.2, 0.25) is 0 Å². The van der Waals surface area contributed by atoms with Gasteiger partial charge in [0.25, 0.3) is 0 Å². The number of nitrogen functional groups attached to an aromatic ring is 1. The van der Waals surface area contributed by atoms with Gasteiger partial charge in [-0.25, -0.2) is 4.79 Å². The van der Waals surface area contributed by atoms with Crippen molar-refractivity contribution in [2.24, 2.45) is 0 Å². The number of carbonyl (C=O) groups is 1. The van der Waals surface area contributed by atoms with Gasteiger partial charge in [0, 0.05) is 23.0 Å². The zero-order valence-corrected chi connectivity index (χ0v) is 14.3. The minimum atomic E-state index is -0.578. The van der Waals surface area contributed by atoms with Crippen molar-refractivity contribution in [2.45, 2.75) is 18.4 Å². The summed E-state index contributed by atoms with van der Waals surface area (Å²) in [4.78, 5) is 12.6. The van der Waals surface area contributed by atoms with Crippen LogP contribution in [0.1, 0.15) is 28.8 Å². The first kappa shape index (κ1) is 16.0. The molecule has 0 radical (unpaired) electrons. The van der Waals surface area contributed by atoms with Gasteiger partial charge in [0.05, 0.1) is 5.56 Å². The van der Waals surface area contributed by atoms with Crippen LogP contribution >= 0.6 is 15.9 Å². The predicted molar refractivity (Wildman–Crippen MR) is 94.2 cm³/mol. The van der Waals surface area contributed by atoms with Crippen LogP contribution in [0.25, 0.3) is 0 Å². The summed E-state index contributed by atoms with van der Waals surface area (Å²) in [7, 11) is 0. The first-order chi connectivity index (χ1) is 11.1. The van der Waals surface area contributed by atoms with E-state index in [9.17, 15) is 4.79 Å². The topological polar surface area (TPSA) is 64.4 Å². The maximum Gasteiger partial charge on any atom is 0.339 e. The highest BCUT2D eigenvalue weighted by molar-refractivity contribution is 9.10. The number of carbonyl (C=O) groups excluding carboxylic acids is 1. The van der Waals surface area contributed by atoms with E-state index < -0.39 is 5.60 Å². The maximum atomic E-state index is 12.6. The largest absolute Gasteiger partial charge is 0.450 e. The average Bonchev–Trinajstić information content (AvgIpc) is 2.59. The molecule has 0 unspecified atom stereocenters. The lowest BCUT2D eigenvalue weighted by Gasteiger charge is -2.37. The Labute approximate surface area is 144 Å². The molecule has 2 aromatic rings. The van der Waals surface area contributed by atoms with Crippen LogP contribution in [-0.2, 0) is 10.3 Å². The zero-order chi connectivity index (χ0) is 16.3. The van der Waals surface area contributed by atoms with Crippen molar-refractivity contribution in [1.29, 1.82) is 0 Å². The third-order valence-corrected chi connectivity index (χ3v) is 4.95. The van der Waals surface area contributed by atoms with Crippen LogP contribution in [0.15, 0.2) is 53.0 Å². The Balaban J connectivity index is 1.89. The lowest BCUT2D eigenvalue weighted by Crippen LogP contribution is -2.43. The Morgan fingerprint density at radius 1 is 1.13 bits per heavy atom. The van der Waals surface area contributed by atoms with Crippen molar-refractivity contribution in [3.8, 4) is 0 Å². The number of hydrogen-bond acceptors (Lipinski definition) is 4. The average molecular weight is 375 g/mol. The molecule has 0 saturated carbocycles. The molecule has 4 nitrogen and oxygen atoms in total. The second kappa shape index (κ2) is 6.72. The first-order valence-corrected chi connectivity index (χ1v) is 8.45. The third kappa shape index (κ3) is 3.41. The van der Waals surface area contributed by atoms with E-state index >= 15 is 0 Å². The Kier molecular flexibility index (Phi) is 4.68. The Morgan fingerprint density at radius 3 is 2.48 bits per heavy atom. The lowest BCUT2D eigenvalue weighted by atomic mass is 9.84. The van der Waals surface area contributed by atoms with Crippen LogP contribution in [0.2, 0.25) is 0 Å². The molecule has 23 heavy (non-hydrogen) atoms. The van der Waals surface area contributed by atoms with Crippen LogP contribution in [0.5, 0.6) is 0 Å². The SMILES string of the molecule is Nc1cc(C(=O)OC2(c3ccccc3)CCNCC2)ccc1Br. The molecule has 0 aliphatic carbocycles. The number of nitrogens with two attached hydrogens (primary N) is 1. The van der Waals surface area contributed by atoms with E-state index in [0.717, 1.165) is 36.0 Å². The molecule has 120 valence electrons. The number of anilines is 1. The number of halogens is 1. The minimum absolute atomic E-state index is 0.338. The molecule has 2 aromatic carbocycles. The highest BCUT2D eigenvalue weighted by Gasteiger charge is 2.38. The fourth-order valence-corrected chi connectivity index (χ4v) is 3.18. The van der Waals surface area contributed by atoms with Gasteiger partial charge >= 0.3 is 5.97 Å². The summed E-state index contributed by atoms with van der Waals surface area (Å²) in [5.41, 5.74) is 7.33. The molecule has 1 aliphatic heterocycles. The first-order valence-electron chi connectivity index (χ1n) is 7.65. The maximum absolute atomic E-state index is 12.6. The Hall–Kier alpha value is -1.85. The molecule has 3 N–H and O–H groups in total. The van der Waals surface area contributed by atoms with E-state index in [-0.39, 0.29) is 5.97 Å². The van der Waals surface area contributed by atoms with E-state index in [0.29, 0.717) is 11.3 Å². The molecule has 1 fully saturated rings. The third-order valence-electron chi connectivity index (χ3n) is 4.23. The standard InChI is InChI=1S/C18H19BrN2O2/c19-15-7-6-13(12-16(15)20)17(22)23-18(8-10-21-11-9-18)14-4-2-1-3-5-14/h1-7,12,21H,8-11,20H2. The number of rotatable bonds is 3. The molecule has 0 amide bonds. The fourth-order valence-electron chi connectivity index (χ4n) is 2.93. The van der Waals surface area contributed by atoms with Crippen molar-refractivity contribution in [2.75, 3.05) is 18.8 Å². The number of ether oxygens (including phenoxy) is 1. The summed E-state index contributed by atoms with van der Waals surface area (Å²) in [6.07, 6.45) is 1.52. The van der Waals surface area contributed by atoms with E-state index in [1.165, 1.54) is 0 Å². The summed E-state index contributed by atoms with van der Waals surface area (Å²) in [6.45, 7) is 1.65. The number of piperidine rings is 1. The summed E-state index contributed by atoms with van der Waals surface area (Å²) < 4.78 is 6.77. The number of benzene rings is 2. The van der Waals surface area contributed by atoms with Crippen LogP contribution < -0.4 is 11.1 Å². The summed E-state index contributed by atoms with van der Waals surface area (Å²) in [5.74, 6) is -0.338. The van der Waals surface area contributed by atoms with Gasteiger partial charge in [0.1, 0.15) is 5.60 Å². The second-order valence-electron chi connectivity index (χ2n) is 5.74. The van der Waals surface area contributed by atoms with Crippen molar-refractivity contribution in [1.82, 2.24) is 5.32 Å².